The molecule has 0 radical (unpaired) electrons. The van der Waals surface area contributed by atoms with Crippen LogP contribution in [-0.4, -0.2) is 47.7 Å². The van der Waals surface area contributed by atoms with Crippen LogP contribution in [0.15, 0.2) is 59.7 Å². The molecular weight excluding hydrogens is 531 g/mol. The van der Waals surface area contributed by atoms with Crippen molar-refractivity contribution in [3.8, 4) is 0 Å². The predicted molar refractivity (Wildman–Crippen MR) is 149 cm³/mol. The number of nitrogens with zero attached hydrogens (tertiary/aromatic N) is 2. The quantitative estimate of drug-likeness (QED) is 0.348. The van der Waals surface area contributed by atoms with E-state index in [4.69, 9.17) is 23.2 Å². The molecule has 5 rings (SSSR count). The van der Waals surface area contributed by atoms with E-state index in [1.54, 1.807) is 11.3 Å². The average molecular weight is 560 g/mol. The molecule has 2 aliphatic heterocycles. The number of carbonyl (C=O) groups is 2. The first-order valence-corrected chi connectivity index (χ1v) is 13.9. The number of halogens is 2. The van der Waals surface area contributed by atoms with E-state index < -0.39 is 12.0 Å². The van der Waals surface area contributed by atoms with Gasteiger partial charge in [0.05, 0.1) is 27.1 Å². The van der Waals surface area contributed by atoms with Gasteiger partial charge in [0.2, 0.25) is 5.91 Å². The zero-order valence-corrected chi connectivity index (χ0v) is 22.5. The number of aliphatic carboxylic acids is 1. The number of carboxylic acid groups (broad SMARTS) is 1. The van der Waals surface area contributed by atoms with E-state index >= 15 is 0 Å². The highest BCUT2D eigenvalue weighted by molar-refractivity contribution is 7.18. The molecule has 3 heterocycles. The first-order valence-electron chi connectivity index (χ1n) is 12.2. The van der Waals surface area contributed by atoms with Crippen LogP contribution in [0.1, 0.15) is 24.8 Å². The molecule has 2 aliphatic rings. The number of nitrogens with one attached hydrogen (secondary N) is 2. The lowest BCUT2D eigenvalue weighted by Gasteiger charge is -2.34. The molecule has 1 aromatic heterocycles. The molecule has 1 atom stereocenters. The van der Waals surface area contributed by atoms with E-state index in [1.807, 2.05) is 41.9 Å². The number of carboxylic acids is 1. The topological polar surface area (TPSA) is 84.9 Å². The third-order valence-corrected chi connectivity index (χ3v) is 8.84. The summed E-state index contributed by atoms with van der Waals surface area (Å²) in [6.07, 6.45) is 3.37. The van der Waals surface area contributed by atoms with Gasteiger partial charge in [0.25, 0.3) is 0 Å². The minimum atomic E-state index is -1.04. The standard InChI is InChI=1S/C27H28Cl2N4O3S/c28-23-22(12-19-8-11-37-25(19)24(23)29)33-9-6-18(7-10-33)26(34)31-21(27(35)36)13-20-15-32(16-30-20)14-17-4-2-1-3-5-17/h1-5,8,11-12,15,18,21,30H,6-7,9-10,13-14,16H2,(H,31,34)(H,35,36). The summed E-state index contributed by atoms with van der Waals surface area (Å²) in [5, 5.41) is 19.9. The zero-order chi connectivity index (χ0) is 25.9. The van der Waals surface area contributed by atoms with Gasteiger partial charge in [-0.1, -0.05) is 53.5 Å². The van der Waals surface area contributed by atoms with E-state index in [0.29, 0.717) is 42.6 Å². The third kappa shape index (κ3) is 5.81. The number of thiophene rings is 1. The minimum absolute atomic E-state index is 0.208. The minimum Gasteiger partial charge on any atom is -0.480 e. The zero-order valence-electron chi connectivity index (χ0n) is 20.1. The number of benzene rings is 2. The van der Waals surface area contributed by atoms with Crippen molar-refractivity contribution in [1.29, 1.82) is 0 Å². The summed E-state index contributed by atoms with van der Waals surface area (Å²) in [4.78, 5) is 29.2. The Labute approximate surface area is 229 Å². The number of anilines is 1. The molecule has 0 aliphatic carbocycles. The van der Waals surface area contributed by atoms with Gasteiger partial charge in [-0.15, -0.1) is 11.3 Å². The summed E-state index contributed by atoms with van der Waals surface area (Å²) in [7, 11) is 0. The highest BCUT2D eigenvalue weighted by Crippen LogP contribution is 2.42. The summed E-state index contributed by atoms with van der Waals surface area (Å²) >= 11 is 14.6. The van der Waals surface area contributed by atoms with Gasteiger partial charge in [-0.3, -0.25) is 4.79 Å². The molecule has 10 heteroatoms. The molecule has 37 heavy (non-hydrogen) atoms. The van der Waals surface area contributed by atoms with Crippen LogP contribution in [-0.2, 0) is 16.1 Å². The van der Waals surface area contributed by atoms with Crippen molar-refractivity contribution in [3.05, 3.63) is 75.4 Å². The van der Waals surface area contributed by atoms with Crippen LogP contribution < -0.4 is 15.5 Å². The van der Waals surface area contributed by atoms with Crippen molar-refractivity contribution < 1.29 is 14.7 Å². The molecular formula is C27H28Cl2N4O3S. The largest absolute Gasteiger partial charge is 0.480 e. The fraction of sp³-hybridized carbons (Fsp3) is 0.333. The average Bonchev–Trinajstić information content (AvgIpc) is 3.56. The van der Waals surface area contributed by atoms with Crippen molar-refractivity contribution in [2.24, 2.45) is 5.92 Å². The van der Waals surface area contributed by atoms with Crippen molar-refractivity contribution in [2.75, 3.05) is 24.7 Å². The normalized spacial score (nSPS) is 17.0. The highest BCUT2D eigenvalue weighted by atomic mass is 35.5. The van der Waals surface area contributed by atoms with Gasteiger partial charge in [0.15, 0.2) is 0 Å². The number of hydrogen-bond donors (Lipinski definition) is 3. The number of piperidine rings is 1. The molecule has 2 aromatic carbocycles. The fourth-order valence-corrected chi connectivity index (χ4v) is 6.40. The molecule has 3 aromatic rings. The summed E-state index contributed by atoms with van der Waals surface area (Å²) in [5.41, 5.74) is 2.85. The number of amides is 1. The Morgan fingerprint density at radius 1 is 1.14 bits per heavy atom. The summed E-state index contributed by atoms with van der Waals surface area (Å²) in [6, 6.07) is 13.2. The highest BCUT2D eigenvalue weighted by Gasteiger charge is 2.31. The van der Waals surface area contributed by atoms with E-state index in [0.717, 1.165) is 28.0 Å². The molecule has 1 amide bonds. The monoisotopic (exact) mass is 558 g/mol. The lowest BCUT2D eigenvalue weighted by molar-refractivity contribution is -0.142. The second kappa shape index (κ2) is 11.2. The smallest absolute Gasteiger partial charge is 0.326 e. The number of hydrogen-bond acceptors (Lipinski definition) is 6. The lowest BCUT2D eigenvalue weighted by atomic mass is 9.94. The van der Waals surface area contributed by atoms with Crippen molar-refractivity contribution in [1.82, 2.24) is 15.5 Å². The van der Waals surface area contributed by atoms with Gasteiger partial charge in [-0.05, 0) is 41.3 Å². The number of fused-ring (bicyclic) bond motifs is 1. The molecule has 0 spiro atoms. The van der Waals surface area contributed by atoms with Crippen LogP contribution in [0, 0.1) is 5.92 Å². The maximum atomic E-state index is 13.0. The van der Waals surface area contributed by atoms with Crippen LogP contribution in [0.4, 0.5) is 5.69 Å². The van der Waals surface area contributed by atoms with Gasteiger partial charge in [-0.2, -0.15) is 0 Å². The molecule has 1 unspecified atom stereocenters. The molecule has 0 saturated carbocycles. The fourth-order valence-electron chi connectivity index (χ4n) is 4.92. The lowest BCUT2D eigenvalue weighted by Crippen LogP contribution is -2.47. The second-order valence-corrected chi connectivity index (χ2v) is 11.1. The second-order valence-electron chi connectivity index (χ2n) is 9.45. The van der Waals surface area contributed by atoms with Gasteiger partial charge < -0.3 is 25.5 Å². The predicted octanol–water partition coefficient (Wildman–Crippen LogP) is 5.29. The van der Waals surface area contributed by atoms with Crippen LogP contribution in [0.25, 0.3) is 10.1 Å². The Morgan fingerprint density at radius 2 is 1.89 bits per heavy atom. The van der Waals surface area contributed by atoms with Crippen molar-refractivity contribution in [3.63, 3.8) is 0 Å². The van der Waals surface area contributed by atoms with Crippen LogP contribution in [0.5, 0.6) is 0 Å². The van der Waals surface area contributed by atoms with Crippen LogP contribution in [0.3, 0.4) is 0 Å². The summed E-state index contributed by atoms with van der Waals surface area (Å²) in [6.45, 7) is 2.62. The van der Waals surface area contributed by atoms with Gasteiger partial charge >= 0.3 is 5.97 Å². The van der Waals surface area contributed by atoms with E-state index in [-0.39, 0.29) is 18.2 Å². The molecule has 1 fully saturated rings. The first kappa shape index (κ1) is 25.7. The molecule has 1 saturated heterocycles. The number of carbonyl (C=O) groups excluding carboxylic acids is 1. The maximum absolute atomic E-state index is 13.0. The molecule has 0 bridgehead atoms. The Kier molecular flexibility index (Phi) is 7.79. The van der Waals surface area contributed by atoms with Crippen molar-refractivity contribution in [2.45, 2.75) is 31.8 Å². The van der Waals surface area contributed by atoms with Crippen molar-refractivity contribution >= 4 is 62.2 Å². The van der Waals surface area contributed by atoms with Crippen LogP contribution >= 0.6 is 34.5 Å². The Morgan fingerprint density at radius 3 is 2.62 bits per heavy atom. The molecule has 194 valence electrons. The van der Waals surface area contributed by atoms with E-state index in [1.165, 1.54) is 5.56 Å². The van der Waals surface area contributed by atoms with E-state index in [9.17, 15) is 14.7 Å². The maximum Gasteiger partial charge on any atom is 0.326 e. The first-order chi connectivity index (χ1) is 17.9. The Bertz CT molecular complexity index is 1320. The van der Waals surface area contributed by atoms with Gasteiger partial charge in [0.1, 0.15) is 6.04 Å². The SMILES string of the molecule is O=C(NC(CC1=CN(Cc2ccccc2)CN1)C(=O)O)C1CCN(c2cc3ccsc3c(Cl)c2Cl)CC1. The van der Waals surface area contributed by atoms with E-state index in [2.05, 4.69) is 32.6 Å². The van der Waals surface area contributed by atoms with Gasteiger partial charge in [-0.25, -0.2) is 4.79 Å². The molecule has 3 N–H and O–H groups in total. The summed E-state index contributed by atoms with van der Waals surface area (Å²) < 4.78 is 0.972. The third-order valence-electron chi connectivity index (χ3n) is 6.93. The molecule has 7 nitrogen and oxygen atoms in total. The number of rotatable bonds is 8. The summed E-state index contributed by atoms with van der Waals surface area (Å²) in [5.74, 6) is -1.51. The van der Waals surface area contributed by atoms with Crippen LogP contribution in [0.2, 0.25) is 10.0 Å². The van der Waals surface area contributed by atoms with Gasteiger partial charge in [0, 0.05) is 43.9 Å². The Balaban J connectivity index is 1.16. The Hall–Kier alpha value is -2.94.